The molecular formula is C96H75F2N11O12S12. The van der Waals surface area contributed by atoms with Gasteiger partial charge < -0.3 is 50.3 Å². The summed E-state index contributed by atoms with van der Waals surface area (Å²) in [7, 11) is 8.09. The molecule has 133 heavy (non-hydrogen) atoms. The van der Waals surface area contributed by atoms with Crippen LogP contribution in [0.15, 0.2) is 246 Å². The van der Waals surface area contributed by atoms with Crippen LogP contribution in [0.25, 0.3) is 105 Å². The minimum absolute atomic E-state index is 0.0134. The van der Waals surface area contributed by atoms with Crippen LogP contribution in [0.1, 0.15) is 58.4 Å². The minimum atomic E-state index is -2.84. The Hall–Kier alpha value is -13.6. The van der Waals surface area contributed by atoms with Crippen molar-refractivity contribution in [3.63, 3.8) is 0 Å². The highest BCUT2D eigenvalue weighted by molar-refractivity contribution is 8.18. The number of rotatable bonds is 19. The number of halogens is 2. The number of amides is 7. The topological polar surface area (TPSA) is 298 Å². The lowest BCUT2D eigenvalue weighted by Crippen LogP contribution is -2.21. The van der Waals surface area contributed by atoms with Gasteiger partial charge in [-0.3, -0.25) is 65.5 Å². The number of hydrogen-bond acceptors (Lipinski definition) is 24. The van der Waals surface area contributed by atoms with Gasteiger partial charge in [-0.15, -0.1) is 74.4 Å². The third kappa shape index (κ3) is 26.0. The molecule has 0 atom stereocenters. The van der Waals surface area contributed by atoms with E-state index in [9.17, 15) is 42.3 Å². The number of alkyl halides is 2. The molecule has 12 aromatic rings. The van der Waals surface area contributed by atoms with Crippen LogP contribution in [0.2, 0.25) is 0 Å². The van der Waals surface area contributed by atoms with Crippen molar-refractivity contribution in [3.05, 3.63) is 298 Å². The van der Waals surface area contributed by atoms with Crippen molar-refractivity contribution in [2.24, 2.45) is 0 Å². The summed E-state index contributed by atoms with van der Waals surface area (Å²) in [6.45, 7) is 6.81. The molecule has 0 spiro atoms. The summed E-state index contributed by atoms with van der Waals surface area (Å²) in [4.78, 5) is 93.3. The molecule has 18 rings (SSSR count). The molecular weight excluding hydrogens is 1920 g/mol. The van der Waals surface area contributed by atoms with Crippen LogP contribution in [0, 0.1) is 19.3 Å². The van der Waals surface area contributed by atoms with Crippen molar-refractivity contribution in [3.8, 4) is 98.0 Å². The third-order valence-corrected chi connectivity index (χ3v) is 27.4. The van der Waals surface area contributed by atoms with Crippen LogP contribution in [0.4, 0.5) is 13.6 Å². The second-order valence-corrected chi connectivity index (χ2v) is 38.0. The second-order valence-electron chi connectivity index (χ2n) is 28.3. The van der Waals surface area contributed by atoms with Gasteiger partial charge in [-0.25, -0.2) is 8.78 Å². The largest absolute Gasteiger partial charge is 0.497 e. The molecule has 6 fully saturated rings. The third-order valence-electron chi connectivity index (χ3n) is 19.1. The van der Waals surface area contributed by atoms with Crippen molar-refractivity contribution in [1.29, 1.82) is 0 Å². The van der Waals surface area contributed by atoms with Gasteiger partial charge in [0.2, 0.25) is 0 Å². The summed E-state index contributed by atoms with van der Waals surface area (Å²) >= 11 is 34.8. The molecule has 6 saturated heterocycles. The van der Waals surface area contributed by atoms with E-state index < -0.39 is 5.92 Å². The Balaban J connectivity index is 0.000000136. The molecule has 0 radical (unpaired) electrons. The molecule has 0 aliphatic carbocycles. The summed E-state index contributed by atoms with van der Waals surface area (Å²) in [5, 5.41) is 30.4. The van der Waals surface area contributed by atoms with Crippen molar-refractivity contribution in [1.82, 2.24) is 58.5 Å². The monoisotopic (exact) mass is 2000 g/mol. The number of hydrogen-bond donors (Lipinski definition) is 11. The SMILES string of the molecule is C#Cc1ccc(-c2ccc(C=C3NC(=S)NC3=O)s2)cc1.C=C(OC)c1cccc(-c2ccc(C=C3NC(=S)NC3=O)s2)c1.CC(F)(F)c1ccc(-c2ccc(C=C3NC(=S)NC3=O)s2)cc1.COc1ccc(-c2ccc(C=C3NC(=S)NC3=O)s2)cc1OC.COc1ccc(OC)c(-c2ccc(C=C3NC(=S)NC3=O)s2)c1.Cc1ccc(-c2ccc(C=C3SC(=O)NC3=O)s2)cc1. The summed E-state index contributed by atoms with van der Waals surface area (Å²) in [5.74, 6) is 1.87. The standard InChI is InChI=1S/C17H14N2O2S2.C16H12F2N2OS2.2C16H14N2O3S2.C16H10N2OS2.C15H11NO2S2/c1-10(21-2)11-4-3-5-12(8-11)15-7-6-13(23-15)9-14-16(20)19-17(22)18-14;1-16(17,18)10-4-2-9(3-5-10)13-7-6-11(23-13)8-12-14(21)20-15(22)19-12;1-20-12-5-3-9(7-13(12)21-2)14-6-4-10(23-14)8-11-15(19)18-16(22)17-11;1-20-9-3-5-13(21-2)11(7-9)14-6-4-10(23-14)8-12-15(19)18-16(22)17-12;1-2-10-3-5-11(6-4-10)14-8-7-12(21-14)9-13-15(19)18-16(20)17-13;1-9-2-4-10(5-3-9)12-7-6-11(19-12)8-13-14(17)16-15(18)20-13/h3-9H,1H2,2H3,(H2,18,19,20,22);2-8H,1H3,(H2,19,20,21,22);2*3-8H,1-2H3,(H2,17,18,19,22);1,3-9H,(H2,17,18,19,20);2-8H,1H3,(H,16,17,18). The average molecular weight is 2000 g/mol. The zero-order valence-corrected chi connectivity index (χ0v) is 80.7. The number of carbonyl (C=O) groups is 7. The normalized spacial score (nSPS) is 15.9. The summed E-state index contributed by atoms with van der Waals surface area (Å²) in [6.07, 6.45) is 15.9. The number of terminal acetylenes is 1. The number of ether oxygens (including phenoxy) is 5. The van der Waals surface area contributed by atoms with Crippen molar-refractivity contribution >= 4 is 249 Å². The minimum Gasteiger partial charge on any atom is -0.497 e. The van der Waals surface area contributed by atoms with Gasteiger partial charge in [-0.2, -0.15) is 0 Å². The summed E-state index contributed by atoms with van der Waals surface area (Å²) in [5.41, 5.74) is 11.4. The van der Waals surface area contributed by atoms with Gasteiger partial charge in [0.1, 0.15) is 45.7 Å². The first kappa shape index (κ1) is 97.0. The molecule has 37 heteroatoms. The lowest BCUT2D eigenvalue weighted by Gasteiger charge is -2.10. The van der Waals surface area contributed by atoms with Crippen LogP contribution in [-0.2, 0) is 39.4 Å². The summed E-state index contributed by atoms with van der Waals surface area (Å²) < 4.78 is 52.9. The van der Waals surface area contributed by atoms with E-state index in [1.54, 1.807) is 141 Å². The van der Waals surface area contributed by atoms with Gasteiger partial charge in [0.15, 0.2) is 37.1 Å². The first-order valence-corrected chi connectivity index (χ1v) is 47.1. The highest BCUT2D eigenvalue weighted by Crippen LogP contribution is 2.42. The number of thiophene rings is 6. The highest BCUT2D eigenvalue weighted by Gasteiger charge is 2.29. The molecule has 7 amide bonds. The van der Waals surface area contributed by atoms with Gasteiger partial charge in [0.05, 0.1) is 40.5 Å². The molecule has 12 heterocycles. The molecule has 6 aliphatic rings. The molecule has 11 N–H and O–H groups in total. The Morgan fingerprint density at radius 1 is 0.376 bits per heavy atom. The van der Waals surface area contributed by atoms with Crippen molar-refractivity contribution in [2.75, 3.05) is 35.5 Å². The number of thioether (sulfide) groups is 1. The fourth-order valence-corrected chi connectivity index (χ4v) is 20.0. The van der Waals surface area contributed by atoms with E-state index in [2.05, 4.69) is 102 Å². The van der Waals surface area contributed by atoms with Gasteiger partial charge in [0, 0.05) is 87.7 Å². The molecule has 23 nitrogen and oxygen atoms in total. The Kier molecular flexibility index (Phi) is 32.5. The van der Waals surface area contributed by atoms with Gasteiger partial charge in [0.25, 0.3) is 46.6 Å². The lowest BCUT2D eigenvalue weighted by molar-refractivity contribution is -0.116. The maximum absolute atomic E-state index is 13.2. The van der Waals surface area contributed by atoms with Crippen LogP contribution in [-0.4, -0.2) is 102 Å². The quantitative estimate of drug-likeness (QED) is 0.0155. The maximum atomic E-state index is 13.2. The maximum Gasteiger partial charge on any atom is 0.290 e. The number of aryl methyl sites for hydroxylation is 1. The zero-order chi connectivity index (χ0) is 94.7. The number of imide groups is 1. The van der Waals surface area contributed by atoms with Crippen LogP contribution < -0.4 is 77.4 Å². The van der Waals surface area contributed by atoms with E-state index >= 15 is 0 Å². The van der Waals surface area contributed by atoms with E-state index in [0.29, 0.717) is 71.1 Å². The molecule has 0 saturated carbocycles. The van der Waals surface area contributed by atoms with Gasteiger partial charge in [-0.05, 0) is 271 Å². The number of methoxy groups -OCH3 is 5. The number of benzene rings is 6. The lowest BCUT2D eigenvalue weighted by atomic mass is 10.1. The first-order valence-electron chi connectivity index (χ1n) is 39.3. The zero-order valence-electron chi connectivity index (χ0n) is 70.9. The van der Waals surface area contributed by atoms with Crippen LogP contribution >= 0.6 is 141 Å². The molecule has 6 aliphatic heterocycles. The first-order chi connectivity index (χ1) is 63.9. The van der Waals surface area contributed by atoms with E-state index in [1.807, 2.05) is 158 Å². The van der Waals surface area contributed by atoms with E-state index in [-0.39, 0.29) is 51.4 Å². The number of thiocarbonyl (C=S) groups is 5. The predicted octanol–water partition coefficient (Wildman–Crippen LogP) is 19.6. The molecule has 0 bridgehead atoms. The second kappa shape index (κ2) is 44.6. The number of carbonyl (C=O) groups excluding carboxylic acids is 7. The Labute approximate surface area is 817 Å². The Bertz CT molecular complexity index is 6880. The van der Waals surface area contributed by atoms with Crippen LogP contribution in [0.5, 0.6) is 23.0 Å². The Morgan fingerprint density at radius 3 is 1.08 bits per heavy atom. The van der Waals surface area contributed by atoms with Crippen LogP contribution in [0.3, 0.4) is 0 Å². The van der Waals surface area contributed by atoms with E-state index in [4.69, 9.17) is 91.2 Å². The average Bonchev–Trinajstić information content (AvgIpc) is 1.73. The van der Waals surface area contributed by atoms with Crippen molar-refractivity contribution in [2.45, 2.75) is 19.8 Å². The fourth-order valence-electron chi connectivity index (χ4n) is 12.5. The van der Waals surface area contributed by atoms with Crippen molar-refractivity contribution < 1.29 is 66.0 Å². The molecule has 0 unspecified atom stereocenters. The highest BCUT2D eigenvalue weighted by atomic mass is 32.2. The summed E-state index contributed by atoms with van der Waals surface area (Å²) in [6, 6.07) is 65.4. The predicted molar refractivity (Wildman–Crippen MR) is 551 cm³/mol. The van der Waals surface area contributed by atoms with Gasteiger partial charge >= 0.3 is 0 Å². The van der Waals surface area contributed by atoms with E-state index in [1.165, 1.54) is 29.0 Å². The molecule has 672 valence electrons. The molecule has 6 aromatic heterocycles. The Morgan fingerprint density at radius 2 is 0.729 bits per heavy atom. The number of nitrogens with one attached hydrogen (secondary N) is 11. The van der Waals surface area contributed by atoms with E-state index in [0.717, 1.165) is 133 Å². The smallest absolute Gasteiger partial charge is 0.290 e. The fraction of sp³-hybridized carbons (Fsp3) is 0.0833. The molecule has 6 aromatic carbocycles. The van der Waals surface area contributed by atoms with Gasteiger partial charge in [-0.1, -0.05) is 96.9 Å².